The van der Waals surface area contributed by atoms with Crippen molar-refractivity contribution in [1.29, 1.82) is 0 Å². The number of allylic oxidation sites excluding steroid dienone is 2. The SMILES string of the molecule is CC=C1NC(=O)C(CC2=C(O)C(=CC)NC2=O)=C1O. The predicted octanol–water partition coefficient (Wildman–Crippen LogP) is 1.07. The lowest BCUT2D eigenvalue weighted by Gasteiger charge is -2.00. The molecule has 6 heteroatoms. The maximum atomic E-state index is 11.7. The molecule has 0 aromatic carbocycles. The molecule has 0 aliphatic carbocycles. The first-order valence-corrected chi connectivity index (χ1v) is 5.79. The highest BCUT2D eigenvalue weighted by molar-refractivity contribution is 6.05. The first kappa shape index (κ1) is 12.9. The van der Waals surface area contributed by atoms with Gasteiger partial charge in [0, 0.05) is 6.42 Å². The lowest BCUT2D eigenvalue weighted by Crippen LogP contribution is -2.19. The summed E-state index contributed by atoms with van der Waals surface area (Å²) in [6, 6.07) is 0. The Hall–Kier alpha value is -2.50. The van der Waals surface area contributed by atoms with Gasteiger partial charge in [-0.05, 0) is 13.8 Å². The highest BCUT2D eigenvalue weighted by Gasteiger charge is 2.33. The molecule has 19 heavy (non-hydrogen) atoms. The van der Waals surface area contributed by atoms with Crippen LogP contribution in [0.1, 0.15) is 20.3 Å². The Balaban J connectivity index is 2.37. The second kappa shape index (κ2) is 4.64. The molecule has 0 aromatic rings. The first-order chi connectivity index (χ1) is 8.99. The molecule has 2 amide bonds. The van der Waals surface area contributed by atoms with E-state index >= 15 is 0 Å². The van der Waals surface area contributed by atoms with Crippen LogP contribution in [-0.4, -0.2) is 22.0 Å². The van der Waals surface area contributed by atoms with Gasteiger partial charge in [-0.25, -0.2) is 0 Å². The molecule has 0 aromatic heterocycles. The second-order valence-electron chi connectivity index (χ2n) is 4.14. The van der Waals surface area contributed by atoms with Crippen LogP contribution in [0.25, 0.3) is 0 Å². The van der Waals surface area contributed by atoms with Crippen molar-refractivity contribution in [2.24, 2.45) is 0 Å². The largest absolute Gasteiger partial charge is 0.505 e. The molecule has 0 spiro atoms. The van der Waals surface area contributed by atoms with Crippen molar-refractivity contribution in [3.63, 3.8) is 0 Å². The average Bonchev–Trinajstić information content (AvgIpc) is 2.82. The van der Waals surface area contributed by atoms with E-state index in [2.05, 4.69) is 10.6 Å². The van der Waals surface area contributed by atoms with Gasteiger partial charge in [0.1, 0.15) is 11.5 Å². The second-order valence-corrected chi connectivity index (χ2v) is 4.14. The highest BCUT2D eigenvalue weighted by Crippen LogP contribution is 2.28. The van der Waals surface area contributed by atoms with Gasteiger partial charge in [-0.15, -0.1) is 0 Å². The van der Waals surface area contributed by atoms with Gasteiger partial charge in [-0.3, -0.25) is 9.59 Å². The van der Waals surface area contributed by atoms with E-state index < -0.39 is 11.8 Å². The summed E-state index contributed by atoms with van der Waals surface area (Å²) in [7, 11) is 0. The Morgan fingerprint density at radius 2 is 1.26 bits per heavy atom. The third-order valence-electron chi connectivity index (χ3n) is 3.06. The quantitative estimate of drug-likeness (QED) is 0.598. The molecule has 2 heterocycles. The summed E-state index contributed by atoms with van der Waals surface area (Å²) in [6.07, 6.45) is 2.99. The minimum absolute atomic E-state index is 0.0714. The third-order valence-corrected chi connectivity index (χ3v) is 3.06. The van der Waals surface area contributed by atoms with Crippen LogP contribution >= 0.6 is 0 Å². The van der Waals surface area contributed by atoms with Crippen LogP contribution in [0.5, 0.6) is 0 Å². The number of rotatable bonds is 2. The Labute approximate surface area is 109 Å². The van der Waals surface area contributed by atoms with Crippen LogP contribution in [0.3, 0.4) is 0 Å². The Bertz CT molecular complexity index is 542. The molecule has 0 bridgehead atoms. The predicted molar refractivity (Wildman–Crippen MR) is 67.7 cm³/mol. The van der Waals surface area contributed by atoms with E-state index in [1.165, 1.54) is 0 Å². The molecule has 0 unspecified atom stereocenters. The number of nitrogens with one attached hydrogen (secondary N) is 2. The third kappa shape index (κ3) is 2.01. The van der Waals surface area contributed by atoms with Crippen LogP contribution in [-0.2, 0) is 9.59 Å². The summed E-state index contributed by atoms with van der Waals surface area (Å²) < 4.78 is 0. The smallest absolute Gasteiger partial charge is 0.255 e. The summed E-state index contributed by atoms with van der Waals surface area (Å²) >= 11 is 0. The zero-order valence-electron chi connectivity index (χ0n) is 10.6. The van der Waals surface area contributed by atoms with E-state index in [0.717, 1.165) is 0 Å². The lowest BCUT2D eigenvalue weighted by atomic mass is 10.0. The minimum Gasteiger partial charge on any atom is -0.505 e. The number of amides is 2. The van der Waals surface area contributed by atoms with Gasteiger partial charge in [0.2, 0.25) is 0 Å². The molecular formula is C13H14N2O4. The molecule has 0 fully saturated rings. The highest BCUT2D eigenvalue weighted by atomic mass is 16.3. The topological polar surface area (TPSA) is 98.7 Å². The Morgan fingerprint density at radius 3 is 1.53 bits per heavy atom. The van der Waals surface area contributed by atoms with Crippen LogP contribution in [0, 0.1) is 0 Å². The molecule has 0 radical (unpaired) electrons. The molecule has 0 saturated heterocycles. The molecule has 6 nitrogen and oxygen atoms in total. The van der Waals surface area contributed by atoms with E-state index in [1.54, 1.807) is 26.0 Å². The number of aliphatic hydroxyl groups excluding tert-OH is 2. The fraction of sp³-hybridized carbons (Fsp3) is 0.231. The zero-order valence-corrected chi connectivity index (χ0v) is 10.6. The van der Waals surface area contributed by atoms with Gasteiger partial charge in [0.25, 0.3) is 11.8 Å². The average molecular weight is 262 g/mol. The summed E-state index contributed by atoms with van der Waals surface area (Å²) in [5, 5.41) is 24.7. The fourth-order valence-corrected chi connectivity index (χ4v) is 1.98. The number of hydrogen-bond donors (Lipinski definition) is 4. The van der Waals surface area contributed by atoms with Crippen LogP contribution in [0.4, 0.5) is 0 Å². The van der Waals surface area contributed by atoms with Gasteiger partial charge in [-0.1, -0.05) is 12.2 Å². The van der Waals surface area contributed by atoms with E-state index in [9.17, 15) is 19.8 Å². The van der Waals surface area contributed by atoms with E-state index in [0.29, 0.717) is 11.4 Å². The van der Waals surface area contributed by atoms with Crippen molar-refractivity contribution >= 4 is 11.8 Å². The lowest BCUT2D eigenvalue weighted by molar-refractivity contribution is -0.116. The normalized spacial score (nSPS) is 23.7. The van der Waals surface area contributed by atoms with Crippen molar-refractivity contribution in [2.45, 2.75) is 20.3 Å². The molecular weight excluding hydrogens is 248 g/mol. The van der Waals surface area contributed by atoms with Gasteiger partial charge in [0.05, 0.1) is 22.5 Å². The summed E-state index contributed by atoms with van der Waals surface area (Å²) in [4.78, 5) is 23.4. The van der Waals surface area contributed by atoms with Crippen molar-refractivity contribution in [1.82, 2.24) is 10.6 Å². The van der Waals surface area contributed by atoms with E-state index in [4.69, 9.17) is 0 Å². The van der Waals surface area contributed by atoms with Gasteiger partial charge >= 0.3 is 0 Å². The standard InChI is InChI=1S/C13H14N2O4/c1-3-8-10(16)6(12(18)14-8)5-7-11(17)9(4-2)15-13(7)19/h3-4,16-17H,5H2,1-2H3,(H,14,18)(H,15,19). The summed E-state index contributed by atoms with van der Waals surface area (Å²) in [6.45, 7) is 3.34. The molecule has 0 atom stereocenters. The number of carbonyl (C=O) groups is 2. The fourth-order valence-electron chi connectivity index (χ4n) is 1.98. The summed E-state index contributed by atoms with van der Waals surface area (Å²) in [5.41, 5.74) is 0.763. The Morgan fingerprint density at radius 1 is 0.895 bits per heavy atom. The van der Waals surface area contributed by atoms with Crippen molar-refractivity contribution in [3.05, 3.63) is 46.2 Å². The molecule has 2 aliphatic rings. The summed E-state index contributed by atoms with van der Waals surface area (Å²) in [5.74, 6) is -1.30. The van der Waals surface area contributed by atoms with Gasteiger partial charge in [0.15, 0.2) is 0 Å². The van der Waals surface area contributed by atoms with Crippen molar-refractivity contribution < 1.29 is 19.8 Å². The van der Waals surface area contributed by atoms with Crippen LogP contribution in [0.2, 0.25) is 0 Å². The minimum atomic E-state index is -0.465. The van der Waals surface area contributed by atoms with Gasteiger partial charge < -0.3 is 20.8 Å². The molecule has 2 rings (SSSR count). The first-order valence-electron chi connectivity index (χ1n) is 5.79. The molecule has 4 N–H and O–H groups in total. The molecule has 100 valence electrons. The molecule has 2 aliphatic heterocycles. The van der Waals surface area contributed by atoms with E-state index in [-0.39, 0.29) is 29.1 Å². The molecule has 0 saturated carbocycles. The van der Waals surface area contributed by atoms with E-state index in [1.807, 2.05) is 0 Å². The number of aliphatic hydroxyl groups is 2. The number of carbonyl (C=O) groups excluding carboxylic acids is 2. The van der Waals surface area contributed by atoms with Crippen molar-refractivity contribution in [2.75, 3.05) is 0 Å². The maximum Gasteiger partial charge on any atom is 0.255 e. The number of hydrogen-bond acceptors (Lipinski definition) is 4. The zero-order chi connectivity index (χ0) is 14.2. The van der Waals surface area contributed by atoms with Crippen LogP contribution in [0.15, 0.2) is 46.2 Å². The Kier molecular flexibility index (Phi) is 3.16. The van der Waals surface area contributed by atoms with Crippen molar-refractivity contribution in [3.8, 4) is 0 Å². The monoisotopic (exact) mass is 262 g/mol. The maximum absolute atomic E-state index is 11.7. The van der Waals surface area contributed by atoms with Crippen LogP contribution < -0.4 is 10.6 Å². The van der Waals surface area contributed by atoms with Gasteiger partial charge in [-0.2, -0.15) is 0 Å².